The molecule has 0 atom stereocenters. The molecular formula is C24H21ClN4O4. The molecule has 0 saturated heterocycles. The number of imidazole rings is 1. The molecule has 0 radical (unpaired) electrons. The van der Waals surface area contributed by atoms with Crippen molar-refractivity contribution >= 4 is 46.0 Å². The van der Waals surface area contributed by atoms with E-state index in [1.165, 1.54) is 7.11 Å². The number of aromatic nitrogens is 2. The van der Waals surface area contributed by atoms with Crippen LogP contribution in [-0.4, -0.2) is 35.7 Å². The summed E-state index contributed by atoms with van der Waals surface area (Å²) in [6, 6.07) is 16.9. The van der Waals surface area contributed by atoms with Crippen molar-refractivity contribution in [3.63, 3.8) is 0 Å². The highest BCUT2D eigenvalue weighted by Crippen LogP contribution is 2.30. The third kappa shape index (κ3) is 5.07. The zero-order valence-electron chi connectivity index (χ0n) is 17.9. The van der Waals surface area contributed by atoms with Crippen LogP contribution in [0.3, 0.4) is 0 Å². The van der Waals surface area contributed by atoms with Crippen molar-refractivity contribution in [2.45, 2.75) is 6.92 Å². The number of benzene rings is 3. The topological polar surface area (TPSA) is 105 Å². The van der Waals surface area contributed by atoms with Crippen LogP contribution in [0.2, 0.25) is 5.02 Å². The van der Waals surface area contributed by atoms with Crippen molar-refractivity contribution in [1.29, 1.82) is 0 Å². The molecule has 4 rings (SSSR count). The van der Waals surface area contributed by atoms with E-state index in [1.54, 1.807) is 54.6 Å². The monoisotopic (exact) mass is 464 g/mol. The van der Waals surface area contributed by atoms with Crippen LogP contribution in [0.4, 0.5) is 16.2 Å². The molecule has 0 aliphatic heterocycles. The second-order valence-electron chi connectivity index (χ2n) is 7.04. The van der Waals surface area contributed by atoms with E-state index in [0.717, 1.165) is 5.52 Å². The number of carbonyl (C=O) groups excluding carboxylic acids is 2. The summed E-state index contributed by atoms with van der Waals surface area (Å²) in [7, 11) is 1.33. The first-order chi connectivity index (χ1) is 16.0. The summed E-state index contributed by atoms with van der Waals surface area (Å²) in [4.78, 5) is 32.0. The first-order valence-corrected chi connectivity index (χ1v) is 10.5. The summed E-state index contributed by atoms with van der Waals surface area (Å²) < 4.78 is 10.2. The van der Waals surface area contributed by atoms with Crippen molar-refractivity contribution in [3.8, 4) is 17.1 Å². The molecule has 8 nitrogen and oxygen atoms in total. The van der Waals surface area contributed by atoms with Crippen LogP contribution in [0.25, 0.3) is 22.4 Å². The summed E-state index contributed by atoms with van der Waals surface area (Å²) in [5, 5.41) is 6.03. The Bertz CT molecular complexity index is 1340. The molecule has 1 aromatic heterocycles. The van der Waals surface area contributed by atoms with Crippen LogP contribution in [0.15, 0.2) is 60.7 Å². The maximum atomic E-state index is 12.5. The number of amides is 2. The molecule has 9 heteroatoms. The molecule has 33 heavy (non-hydrogen) atoms. The summed E-state index contributed by atoms with van der Waals surface area (Å²) in [6.45, 7) is 2.43. The van der Waals surface area contributed by atoms with Gasteiger partial charge in [-0.2, -0.15) is 0 Å². The van der Waals surface area contributed by atoms with Gasteiger partial charge in [-0.1, -0.05) is 17.7 Å². The highest BCUT2D eigenvalue weighted by Gasteiger charge is 2.14. The van der Waals surface area contributed by atoms with Crippen molar-refractivity contribution in [3.05, 3.63) is 71.2 Å². The highest BCUT2D eigenvalue weighted by atomic mass is 35.5. The molecule has 0 unspecified atom stereocenters. The largest absolute Gasteiger partial charge is 0.494 e. The summed E-state index contributed by atoms with van der Waals surface area (Å²) in [5.41, 5.74) is 3.46. The predicted molar refractivity (Wildman–Crippen MR) is 128 cm³/mol. The number of esters is 1. The number of rotatable bonds is 6. The smallest absolute Gasteiger partial charge is 0.337 e. The van der Waals surface area contributed by atoms with E-state index in [9.17, 15) is 9.59 Å². The van der Waals surface area contributed by atoms with Gasteiger partial charge in [0.25, 0.3) is 0 Å². The number of ether oxygens (including phenoxy) is 2. The zero-order valence-corrected chi connectivity index (χ0v) is 18.7. The molecule has 0 fully saturated rings. The van der Waals surface area contributed by atoms with Gasteiger partial charge in [-0.15, -0.1) is 0 Å². The van der Waals surface area contributed by atoms with E-state index in [4.69, 9.17) is 21.1 Å². The van der Waals surface area contributed by atoms with Crippen molar-refractivity contribution in [2.75, 3.05) is 24.4 Å². The minimum Gasteiger partial charge on any atom is -0.494 e. The maximum absolute atomic E-state index is 12.5. The minimum atomic E-state index is -0.441. The van der Waals surface area contributed by atoms with Crippen LogP contribution in [0.1, 0.15) is 17.3 Å². The van der Waals surface area contributed by atoms with E-state index in [2.05, 4.69) is 20.6 Å². The van der Waals surface area contributed by atoms with Gasteiger partial charge >= 0.3 is 12.0 Å². The Labute approximate surface area is 194 Å². The Morgan fingerprint density at radius 2 is 1.82 bits per heavy atom. The van der Waals surface area contributed by atoms with Gasteiger partial charge in [-0.25, -0.2) is 14.6 Å². The quantitative estimate of drug-likeness (QED) is 0.317. The van der Waals surface area contributed by atoms with Gasteiger partial charge in [0, 0.05) is 23.0 Å². The SMILES string of the molecule is CCOc1cccc(NC(=O)Nc2ccc(Cl)c(-c3nc4cc(C(=O)OC)ccc4[nH]3)c2)c1. The number of methoxy groups -OCH3 is 1. The first kappa shape index (κ1) is 22.2. The van der Waals surface area contributed by atoms with Gasteiger partial charge in [0.05, 0.1) is 35.3 Å². The Balaban J connectivity index is 1.55. The van der Waals surface area contributed by atoms with Gasteiger partial charge in [0.2, 0.25) is 0 Å². The van der Waals surface area contributed by atoms with Gasteiger partial charge < -0.3 is 25.1 Å². The molecule has 0 bridgehead atoms. The molecule has 1 heterocycles. The molecular weight excluding hydrogens is 444 g/mol. The lowest BCUT2D eigenvalue weighted by molar-refractivity contribution is 0.0601. The number of anilines is 2. The Kier molecular flexibility index (Phi) is 6.46. The lowest BCUT2D eigenvalue weighted by Gasteiger charge is -2.10. The van der Waals surface area contributed by atoms with E-state index in [1.807, 2.05) is 13.0 Å². The lowest BCUT2D eigenvalue weighted by Crippen LogP contribution is -2.19. The number of halogens is 1. The van der Waals surface area contributed by atoms with E-state index >= 15 is 0 Å². The summed E-state index contributed by atoms with van der Waals surface area (Å²) in [5.74, 6) is 0.735. The van der Waals surface area contributed by atoms with Crippen molar-refractivity contribution in [2.24, 2.45) is 0 Å². The Morgan fingerprint density at radius 3 is 2.58 bits per heavy atom. The normalized spacial score (nSPS) is 10.6. The lowest BCUT2D eigenvalue weighted by atomic mass is 10.2. The Morgan fingerprint density at radius 1 is 1.03 bits per heavy atom. The van der Waals surface area contributed by atoms with Crippen LogP contribution in [0.5, 0.6) is 5.75 Å². The predicted octanol–water partition coefficient (Wildman–Crippen LogP) is 5.71. The fourth-order valence-corrected chi connectivity index (χ4v) is 3.49. The first-order valence-electron chi connectivity index (χ1n) is 10.2. The molecule has 168 valence electrons. The molecule has 2 amide bonds. The van der Waals surface area contributed by atoms with Crippen LogP contribution >= 0.6 is 11.6 Å². The van der Waals surface area contributed by atoms with Crippen LogP contribution < -0.4 is 15.4 Å². The number of hydrogen-bond acceptors (Lipinski definition) is 5. The van der Waals surface area contributed by atoms with Gasteiger partial charge in [-0.05, 0) is 55.5 Å². The maximum Gasteiger partial charge on any atom is 0.337 e. The van der Waals surface area contributed by atoms with Gasteiger partial charge in [0.15, 0.2) is 0 Å². The Hall–Kier alpha value is -4.04. The zero-order chi connectivity index (χ0) is 23.4. The standard InChI is InChI=1S/C24H21ClN4O4/c1-3-33-17-6-4-5-15(12-17)26-24(31)27-16-8-9-19(25)18(13-16)22-28-20-10-7-14(23(30)32-2)11-21(20)29-22/h4-13H,3H2,1-2H3,(H,28,29)(H2,26,27,31). The molecule has 3 N–H and O–H groups in total. The second kappa shape index (κ2) is 9.62. The molecule has 3 aromatic carbocycles. The molecule has 0 aliphatic carbocycles. The van der Waals surface area contributed by atoms with Crippen LogP contribution in [0, 0.1) is 0 Å². The van der Waals surface area contributed by atoms with Crippen molar-refractivity contribution in [1.82, 2.24) is 9.97 Å². The number of hydrogen-bond donors (Lipinski definition) is 3. The minimum absolute atomic E-state index is 0.398. The third-order valence-corrected chi connectivity index (χ3v) is 5.12. The molecule has 0 spiro atoms. The highest BCUT2D eigenvalue weighted by molar-refractivity contribution is 6.33. The average molecular weight is 465 g/mol. The number of fused-ring (bicyclic) bond motifs is 1. The van der Waals surface area contributed by atoms with Crippen molar-refractivity contribution < 1.29 is 19.1 Å². The van der Waals surface area contributed by atoms with Gasteiger partial charge in [-0.3, -0.25) is 0 Å². The molecule has 0 saturated carbocycles. The molecule has 4 aromatic rings. The van der Waals surface area contributed by atoms with E-state index in [0.29, 0.717) is 51.2 Å². The fraction of sp³-hybridized carbons (Fsp3) is 0.125. The number of nitrogens with one attached hydrogen (secondary N) is 3. The fourth-order valence-electron chi connectivity index (χ4n) is 3.29. The van der Waals surface area contributed by atoms with Crippen LogP contribution in [-0.2, 0) is 4.74 Å². The number of aromatic amines is 1. The number of nitrogens with zero attached hydrogens (tertiary/aromatic N) is 1. The van der Waals surface area contributed by atoms with E-state index < -0.39 is 12.0 Å². The van der Waals surface area contributed by atoms with Gasteiger partial charge in [0.1, 0.15) is 11.6 Å². The van der Waals surface area contributed by atoms with E-state index in [-0.39, 0.29) is 0 Å². The molecule has 0 aliphatic rings. The number of carbonyl (C=O) groups is 2. The average Bonchev–Trinajstić information content (AvgIpc) is 3.23. The third-order valence-electron chi connectivity index (χ3n) is 4.79. The summed E-state index contributed by atoms with van der Waals surface area (Å²) >= 11 is 6.40. The number of urea groups is 1. The number of H-pyrrole nitrogens is 1. The second-order valence-corrected chi connectivity index (χ2v) is 7.45. The summed E-state index contributed by atoms with van der Waals surface area (Å²) in [6.07, 6.45) is 0.